The first-order valence-electron chi connectivity index (χ1n) is 6.07. The van der Waals surface area contributed by atoms with Crippen LogP contribution in [-0.2, 0) is 0 Å². The quantitative estimate of drug-likeness (QED) is 0.345. The Balaban J connectivity index is 2.11. The Labute approximate surface area is 124 Å². The van der Waals surface area contributed by atoms with Gasteiger partial charge in [0.2, 0.25) is 23.3 Å². The standard InChI is InChI=1S/C13H4BF7O2/c1-3-4(2-5(15)7(17)6(3)16)14-22-12-10(20)8(18)9(19)11(21)13(12)23-14/h2H,1H3. The second-order valence-corrected chi connectivity index (χ2v) is 4.68. The summed E-state index contributed by atoms with van der Waals surface area (Å²) in [5, 5.41) is 0. The fraction of sp³-hybridized carbons (Fsp3) is 0.0769. The highest BCUT2D eigenvalue weighted by Gasteiger charge is 2.43. The van der Waals surface area contributed by atoms with E-state index in [4.69, 9.17) is 9.31 Å². The molecule has 2 aromatic carbocycles. The molecule has 3 rings (SSSR count). The van der Waals surface area contributed by atoms with Gasteiger partial charge in [0.25, 0.3) is 0 Å². The summed E-state index contributed by atoms with van der Waals surface area (Å²) >= 11 is 0. The van der Waals surface area contributed by atoms with Crippen molar-refractivity contribution in [2.45, 2.75) is 6.92 Å². The Bertz CT molecular complexity index is 803. The molecule has 0 spiro atoms. The lowest BCUT2D eigenvalue weighted by Gasteiger charge is -2.10. The van der Waals surface area contributed by atoms with E-state index in [0.717, 1.165) is 6.92 Å². The number of halogens is 7. The molecule has 0 bridgehead atoms. The van der Waals surface area contributed by atoms with E-state index in [2.05, 4.69) is 0 Å². The van der Waals surface area contributed by atoms with Crippen LogP contribution in [0, 0.1) is 47.6 Å². The predicted octanol–water partition coefficient (Wildman–Crippen LogP) is 3.14. The zero-order valence-electron chi connectivity index (χ0n) is 11.1. The normalized spacial score (nSPS) is 13.0. The van der Waals surface area contributed by atoms with Crippen molar-refractivity contribution in [1.29, 1.82) is 0 Å². The molecule has 23 heavy (non-hydrogen) atoms. The summed E-state index contributed by atoms with van der Waals surface area (Å²) in [7, 11) is -1.81. The molecule has 120 valence electrons. The molecule has 0 fully saturated rings. The Morgan fingerprint density at radius 2 is 1.17 bits per heavy atom. The number of benzene rings is 2. The maximum absolute atomic E-state index is 13.6. The van der Waals surface area contributed by atoms with Crippen LogP contribution in [0.4, 0.5) is 30.7 Å². The average molecular weight is 336 g/mol. The topological polar surface area (TPSA) is 18.5 Å². The van der Waals surface area contributed by atoms with Gasteiger partial charge in [-0.25, -0.2) is 22.0 Å². The summed E-state index contributed by atoms with van der Waals surface area (Å²) in [5.41, 5.74) is -0.888. The van der Waals surface area contributed by atoms with Gasteiger partial charge >= 0.3 is 7.12 Å². The van der Waals surface area contributed by atoms with Crippen LogP contribution in [0.15, 0.2) is 6.07 Å². The number of rotatable bonds is 1. The van der Waals surface area contributed by atoms with E-state index in [1.165, 1.54) is 0 Å². The molecule has 1 aliphatic rings. The third-order valence-corrected chi connectivity index (χ3v) is 3.33. The Morgan fingerprint density at radius 1 is 0.696 bits per heavy atom. The molecule has 1 aliphatic heterocycles. The summed E-state index contributed by atoms with van der Waals surface area (Å²) in [6.07, 6.45) is 0. The van der Waals surface area contributed by atoms with Gasteiger partial charge in [-0.1, -0.05) is 0 Å². The number of hydrogen-bond donors (Lipinski definition) is 0. The van der Waals surface area contributed by atoms with Crippen molar-refractivity contribution in [2.24, 2.45) is 0 Å². The zero-order valence-corrected chi connectivity index (χ0v) is 11.1. The second-order valence-electron chi connectivity index (χ2n) is 4.68. The van der Waals surface area contributed by atoms with Crippen LogP contribution in [0.1, 0.15) is 5.56 Å². The van der Waals surface area contributed by atoms with E-state index in [1.54, 1.807) is 0 Å². The first-order valence-corrected chi connectivity index (χ1v) is 6.07. The lowest BCUT2D eigenvalue weighted by Crippen LogP contribution is -2.42. The number of hydrogen-bond acceptors (Lipinski definition) is 2. The molecule has 0 aliphatic carbocycles. The van der Waals surface area contributed by atoms with Crippen LogP contribution in [0.5, 0.6) is 11.5 Å². The molecular weight excluding hydrogens is 332 g/mol. The molecule has 0 aromatic heterocycles. The van der Waals surface area contributed by atoms with Gasteiger partial charge in [0.1, 0.15) is 0 Å². The lowest BCUT2D eigenvalue weighted by molar-refractivity contribution is 0.388. The summed E-state index contributed by atoms with van der Waals surface area (Å²) in [5.74, 6) is -15.0. The van der Waals surface area contributed by atoms with Gasteiger partial charge in [-0.05, 0) is 18.6 Å². The van der Waals surface area contributed by atoms with Crippen molar-refractivity contribution in [1.82, 2.24) is 0 Å². The third-order valence-electron chi connectivity index (χ3n) is 3.33. The molecule has 0 atom stereocenters. The van der Waals surface area contributed by atoms with Crippen molar-refractivity contribution < 1.29 is 40.0 Å². The summed E-state index contributed by atoms with van der Waals surface area (Å²) in [6, 6.07) is 0.493. The van der Waals surface area contributed by atoms with Crippen molar-refractivity contribution in [2.75, 3.05) is 0 Å². The summed E-state index contributed by atoms with van der Waals surface area (Å²) in [6.45, 7) is 1.04. The van der Waals surface area contributed by atoms with E-state index in [-0.39, 0.29) is 0 Å². The van der Waals surface area contributed by atoms with Crippen LogP contribution >= 0.6 is 0 Å². The van der Waals surface area contributed by atoms with Crippen LogP contribution < -0.4 is 14.8 Å². The van der Waals surface area contributed by atoms with E-state index >= 15 is 0 Å². The Morgan fingerprint density at radius 3 is 1.65 bits per heavy atom. The van der Waals surface area contributed by atoms with E-state index < -0.39 is 70.4 Å². The molecule has 0 N–H and O–H groups in total. The van der Waals surface area contributed by atoms with Crippen LogP contribution in [0.3, 0.4) is 0 Å². The zero-order chi connectivity index (χ0) is 17.0. The third kappa shape index (κ3) is 2.12. The van der Waals surface area contributed by atoms with Gasteiger partial charge in [0.15, 0.2) is 29.0 Å². The fourth-order valence-electron chi connectivity index (χ4n) is 2.12. The SMILES string of the molecule is Cc1c(B2Oc3c(F)c(F)c(F)c(F)c3O2)cc(F)c(F)c1F. The fourth-order valence-corrected chi connectivity index (χ4v) is 2.12. The van der Waals surface area contributed by atoms with Crippen molar-refractivity contribution >= 4 is 12.6 Å². The average Bonchev–Trinajstić information content (AvgIpc) is 2.97. The van der Waals surface area contributed by atoms with Crippen LogP contribution in [-0.4, -0.2) is 7.12 Å². The summed E-state index contributed by atoms with van der Waals surface area (Å²) < 4.78 is 103. The minimum absolute atomic E-state index is 0.433. The number of fused-ring (bicyclic) bond motifs is 1. The molecule has 2 aromatic rings. The Kier molecular flexibility index (Phi) is 3.42. The lowest BCUT2D eigenvalue weighted by atomic mass is 9.76. The summed E-state index contributed by atoms with van der Waals surface area (Å²) in [4.78, 5) is 0. The van der Waals surface area contributed by atoms with Gasteiger partial charge in [0, 0.05) is 5.46 Å². The van der Waals surface area contributed by atoms with E-state index in [9.17, 15) is 30.7 Å². The molecule has 0 saturated heterocycles. The molecule has 2 nitrogen and oxygen atoms in total. The van der Waals surface area contributed by atoms with Crippen molar-refractivity contribution in [3.63, 3.8) is 0 Å². The van der Waals surface area contributed by atoms with Gasteiger partial charge < -0.3 is 9.31 Å². The first-order chi connectivity index (χ1) is 10.7. The maximum Gasteiger partial charge on any atom is 0.633 e. The molecule has 0 radical (unpaired) electrons. The molecular formula is C13H4BF7O2. The van der Waals surface area contributed by atoms with E-state index in [1.807, 2.05) is 0 Å². The molecule has 0 amide bonds. The van der Waals surface area contributed by atoms with Crippen LogP contribution in [0.25, 0.3) is 0 Å². The Hall–Kier alpha value is -2.39. The highest BCUT2D eigenvalue weighted by molar-refractivity contribution is 6.64. The van der Waals surface area contributed by atoms with Gasteiger partial charge in [-0.15, -0.1) is 0 Å². The van der Waals surface area contributed by atoms with Crippen molar-refractivity contribution in [3.05, 3.63) is 52.4 Å². The molecule has 10 heteroatoms. The highest BCUT2D eigenvalue weighted by atomic mass is 19.2. The largest absolute Gasteiger partial charge is 0.633 e. The smallest absolute Gasteiger partial charge is 0.517 e. The second kappa shape index (κ2) is 5.07. The molecule has 0 saturated carbocycles. The maximum atomic E-state index is 13.6. The monoisotopic (exact) mass is 336 g/mol. The minimum atomic E-state index is -2.13. The predicted molar refractivity (Wildman–Crippen MR) is 64.0 cm³/mol. The van der Waals surface area contributed by atoms with E-state index in [0.29, 0.717) is 6.07 Å². The highest BCUT2D eigenvalue weighted by Crippen LogP contribution is 2.41. The van der Waals surface area contributed by atoms with Gasteiger partial charge in [-0.2, -0.15) is 8.78 Å². The first kappa shape index (κ1) is 15.5. The molecule has 0 unspecified atom stereocenters. The van der Waals surface area contributed by atoms with Crippen molar-refractivity contribution in [3.8, 4) is 11.5 Å². The van der Waals surface area contributed by atoms with Gasteiger partial charge in [-0.3, -0.25) is 0 Å². The minimum Gasteiger partial charge on any atom is -0.517 e. The molecule has 1 heterocycles. The van der Waals surface area contributed by atoms with Gasteiger partial charge in [0.05, 0.1) is 0 Å². The van der Waals surface area contributed by atoms with Crippen LogP contribution in [0.2, 0.25) is 0 Å².